The molecule has 1 fully saturated rings. The molecule has 2 aromatic carbocycles. The van der Waals surface area contributed by atoms with Crippen LogP contribution in [0.25, 0.3) is 5.69 Å². The molecule has 0 amide bonds. The number of hydrogen-bond acceptors (Lipinski definition) is 4. The fourth-order valence-electron chi connectivity index (χ4n) is 4.43. The summed E-state index contributed by atoms with van der Waals surface area (Å²) in [7, 11) is 1.67. The van der Waals surface area contributed by atoms with Gasteiger partial charge in [-0.2, -0.15) is 0 Å². The van der Waals surface area contributed by atoms with Gasteiger partial charge in [0.05, 0.1) is 25.5 Å². The fraction of sp³-hybridized carbons (Fsp3) is 0.185. The van der Waals surface area contributed by atoms with Crippen LogP contribution in [0.5, 0.6) is 11.5 Å². The van der Waals surface area contributed by atoms with Gasteiger partial charge in [-0.1, -0.05) is 12.1 Å². The van der Waals surface area contributed by atoms with Crippen molar-refractivity contribution < 1.29 is 9.47 Å². The van der Waals surface area contributed by atoms with Gasteiger partial charge in [-0.25, -0.2) is 0 Å². The smallest absolute Gasteiger partial charge is 0.174 e. The zero-order chi connectivity index (χ0) is 23.5. The predicted octanol–water partition coefficient (Wildman–Crippen LogP) is 5.46. The lowest BCUT2D eigenvalue weighted by molar-refractivity contribution is 0.340. The highest BCUT2D eigenvalue weighted by Gasteiger charge is 2.42. The summed E-state index contributed by atoms with van der Waals surface area (Å²) in [4.78, 5) is 6.80. The topological polar surface area (TPSA) is 51.5 Å². The van der Waals surface area contributed by atoms with Gasteiger partial charge < -0.3 is 24.3 Å². The molecule has 6 nitrogen and oxygen atoms in total. The highest BCUT2D eigenvalue weighted by atomic mass is 32.1. The number of aromatic nitrogens is 2. The summed E-state index contributed by atoms with van der Waals surface area (Å²) in [5.74, 6) is 1.63. The van der Waals surface area contributed by atoms with Crippen LogP contribution < -0.4 is 19.7 Å². The molecule has 0 saturated carbocycles. The number of hydrogen-bond donors (Lipinski definition) is 1. The van der Waals surface area contributed by atoms with Crippen LogP contribution in [0.15, 0.2) is 91.3 Å². The van der Waals surface area contributed by atoms with E-state index in [2.05, 4.69) is 56.3 Å². The third-order valence-electron chi connectivity index (χ3n) is 5.94. The first-order valence-corrected chi connectivity index (χ1v) is 11.7. The van der Waals surface area contributed by atoms with E-state index in [0.29, 0.717) is 11.7 Å². The first-order chi connectivity index (χ1) is 16.7. The van der Waals surface area contributed by atoms with Crippen LogP contribution in [-0.4, -0.2) is 28.4 Å². The Hall–Kier alpha value is -3.84. The number of nitrogens with one attached hydrogen (secondary N) is 1. The summed E-state index contributed by atoms with van der Waals surface area (Å²) in [6, 6.07) is 26.0. The van der Waals surface area contributed by atoms with Gasteiger partial charge in [0.15, 0.2) is 5.11 Å². The molecule has 1 saturated heterocycles. The number of methoxy groups -OCH3 is 1. The molecule has 1 aliphatic heterocycles. The number of nitrogens with zero attached hydrogens (tertiary/aromatic N) is 3. The Morgan fingerprint density at radius 3 is 2.53 bits per heavy atom. The zero-order valence-electron chi connectivity index (χ0n) is 19.1. The van der Waals surface area contributed by atoms with Gasteiger partial charge in [0.25, 0.3) is 0 Å². The number of pyridine rings is 1. The van der Waals surface area contributed by atoms with Crippen LogP contribution in [0.2, 0.25) is 0 Å². The van der Waals surface area contributed by atoms with Crippen LogP contribution in [0.1, 0.15) is 30.4 Å². The van der Waals surface area contributed by atoms with E-state index < -0.39 is 0 Å². The minimum Gasteiger partial charge on any atom is -0.497 e. The molecular formula is C27H26N4O2S. The van der Waals surface area contributed by atoms with Crippen LogP contribution in [0.3, 0.4) is 0 Å². The van der Waals surface area contributed by atoms with Crippen LogP contribution in [0.4, 0.5) is 5.69 Å². The largest absolute Gasteiger partial charge is 0.497 e. The Bertz CT molecular complexity index is 1270. The Morgan fingerprint density at radius 2 is 1.79 bits per heavy atom. The first kappa shape index (κ1) is 22.0. The van der Waals surface area contributed by atoms with Crippen molar-refractivity contribution in [2.45, 2.75) is 19.0 Å². The number of thiocarbonyl (C=S) groups is 1. The molecule has 34 heavy (non-hydrogen) atoms. The van der Waals surface area contributed by atoms with Gasteiger partial charge in [-0.05, 0) is 79.8 Å². The van der Waals surface area contributed by atoms with Gasteiger partial charge in [0.1, 0.15) is 17.5 Å². The number of benzene rings is 2. The van der Waals surface area contributed by atoms with E-state index in [-0.39, 0.29) is 12.1 Å². The predicted molar refractivity (Wildman–Crippen MR) is 138 cm³/mol. The van der Waals surface area contributed by atoms with E-state index in [1.807, 2.05) is 61.7 Å². The highest BCUT2D eigenvalue weighted by molar-refractivity contribution is 7.80. The molecule has 1 N–H and O–H groups in total. The molecule has 172 valence electrons. The summed E-state index contributed by atoms with van der Waals surface area (Å²) in [6.45, 7) is 2.62. The molecule has 0 radical (unpaired) electrons. The van der Waals surface area contributed by atoms with E-state index in [4.69, 9.17) is 21.7 Å². The van der Waals surface area contributed by atoms with Gasteiger partial charge in [-0.15, -0.1) is 0 Å². The molecule has 0 unspecified atom stereocenters. The average Bonchev–Trinajstić information content (AvgIpc) is 3.49. The molecular weight excluding hydrogens is 444 g/mol. The van der Waals surface area contributed by atoms with E-state index >= 15 is 0 Å². The van der Waals surface area contributed by atoms with E-state index in [0.717, 1.165) is 34.3 Å². The Kier molecular flexibility index (Phi) is 6.18. The minimum absolute atomic E-state index is 0.128. The number of ether oxygens (including phenoxy) is 2. The van der Waals surface area contributed by atoms with Crippen molar-refractivity contribution in [3.63, 3.8) is 0 Å². The second-order valence-electron chi connectivity index (χ2n) is 7.93. The molecule has 2 atom stereocenters. The van der Waals surface area contributed by atoms with Crippen LogP contribution >= 0.6 is 12.2 Å². The summed E-state index contributed by atoms with van der Waals surface area (Å²) in [6.07, 6.45) is 3.89. The maximum absolute atomic E-state index is 5.86. The second kappa shape index (κ2) is 9.57. The van der Waals surface area contributed by atoms with Crippen molar-refractivity contribution in [1.82, 2.24) is 14.9 Å². The normalized spacial score (nSPS) is 17.5. The summed E-state index contributed by atoms with van der Waals surface area (Å²) in [5.41, 5.74) is 4.03. The molecule has 3 heterocycles. The van der Waals surface area contributed by atoms with Crippen molar-refractivity contribution >= 4 is 23.0 Å². The Morgan fingerprint density at radius 1 is 0.941 bits per heavy atom. The number of rotatable bonds is 7. The Balaban J connectivity index is 1.62. The molecule has 2 aromatic heterocycles. The quantitative estimate of drug-likeness (QED) is 0.362. The molecule has 4 aromatic rings. The molecule has 0 bridgehead atoms. The molecule has 1 aliphatic rings. The summed E-state index contributed by atoms with van der Waals surface area (Å²) >= 11 is 5.86. The average molecular weight is 471 g/mol. The van der Waals surface area contributed by atoms with Crippen molar-refractivity contribution in [2.75, 3.05) is 18.6 Å². The maximum Gasteiger partial charge on any atom is 0.174 e. The lowest BCUT2D eigenvalue weighted by atomic mass is 10.0. The molecule has 5 rings (SSSR count). The lowest BCUT2D eigenvalue weighted by Crippen LogP contribution is -2.30. The van der Waals surface area contributed by atoms with Crippen LogP contribution in [0, 0.1) is 0 Å². The van der Waals surface area contributed by atoms with Crippen molar-refractivity contribution in [3.05, 3.63) is 103 Å². The van der Waals surface area contributed by atoms with Gasteiger partial charge >= 0.3 is 0 Å². The standard InChI is InChI=1S/C27H26N4O2S/c1-3-33-21-14-12-19(13-15-21)30-17-7-11-24(30)26-25(23-10-4-5-16-28-23)29-27(34)31(26)20-8-6-9-22(18-20)32-2/h4-18,25-26H,3H2,1-2H3,(H,29,34)/t25-,26+/m1/s1. The minimum atomic E-state index is -0.129. The fourth-order valence-corrected chi connectivity index (χ4v) is 4.78. The molecule has 0 aliphatic carbocycles. The van der Waals surface area contributed by atoms with Gasteiger partial charge in [0, 0.05) is 35.5 Å². The summed E-state index contributed by atoms with van der Waals surface area (Å²) in [5, 5.41) is 4.17. The summed E-state index contributed by atoms with van der Waals surface area (Å²) < 4.78 is 13.3. The monoisotopic (exact) mass is 470 g/mol. The van der Waals surface area contributed by atoms with E-state index in [1.54, 1.807) is 7.11 Å². The zero-order valence-corrected chi connectivity index (χ0v) is 19.9. The number of anilines is 1. The maximum atomic E-state index is 5.86. The molecule has 7 heteroatoms. The van der Waals surface area contributed by atoms with E-state index in [9.17, 15) is 0 Å². The van der Waals surface area contributed by atoms with Crippen LogP contribution in [-0.2, 0) is 0 Å². The van der Waals surface area contributed by atoms with Crippen molar-refractivity contribution in [1.29, 1.82) is 0 Å². The van der Waals surface area contributed by atoms with Gasteiger partial charge in [0.2, 0.25) is 0 Å². The third-order valence-corrected chi connectivity index (χ3v) is 6.25. The SMILES string of the molecule is CCOc1ccc(-n2cccc2[C@H]2[C@@H](c3ccccn3)NC(=S)N2c2cccc(OC)c2)cc1. The lowest BCUT2D eigenvalue weighted by Gasteiger charge is -2.29. The highest BCUT2D eigenvalue weighted by Crippen LogP contribution is 2.42. The van der Waals surface area contributed by atoms with Gasteiger partial charge in [-0.3, -0.25) is 4.98 Å². The van der Waals surface area contributed by atoms with E-state index in [1.165, 1.54) is 0 Å². The van der Waals surface area contributed by atoms with Crippen molar-refractivity contribution in [2.24, 2.45) is 0 Å². The second-order valence-corrected chi connectivity index (χ2v) is 8.31. The third kappa shape index (κ3) is 4.10. The Labute approximate surface area is 204 Å². The van der Waals surface area contributed by atoms with Crippen molar-refractivity contribution in [3.8, 4) is 17.2 Å². The molecule has 0 spiro atoms. The first-order valence-electron chi connectivity index (χ1n) is 11.2.